The summed E-state index contributed by atoms with van der Waals surface area (Å²) in [5, 5.41) is 2.86. The smallest absolute Gasteiger partial charge is 0.251 e. The highest BCUT2D eigenvalue weighted by Crippen LogP contribution is 2.19. The number of rotatable bonds is 7. The number of aryl methyl sites for hydroxylation is 1. The zero-order chi connectivity index (χ0) is 18.4. The molecular formula is C19H23NO4S. The third-order valence-electron chi connectivity index (χ3n) is 3.73. The minimum Gasteiger partial charge on any atom is -0.496 e. The molecule has 1 amide bonds. The molecule has 0 bridgehead atoms. The van der Waals surface area contributed by atoms with Gasteiger partial charge in [-0.2, -0.15) is 0 Å². The van der Waals surface area contributed by atoms with Gasteiger partial charge in [-0.25, -0.2) is 8.42 Å². The molecule has 0 saturated carbocycles. The van der Waals surface area contributed by atoms with Gasteiger partial charge in [0.15, 0.2) is 9.84 Å². The molecule has 0 aromatic heterocycles. The fourth-order valence-electron chi connectivity index (χ4n) is 2.62. The first-order valence-electron chi connectivity index (χ1n) is 7.97. The van der Waals surface area contributed by atoms with Gasteiger partial charge in [0.05, 0.1) is 12.9 Å². The van der Waals surface area contributed by atoms with E-state index < -0.39 is 9.84 Å². The number of methoxy groups -OCH3 is 1. The molecule has 2 rings (SSSR count). The second-order valence-electron chi connectivity index (χ2n) is 6.09. The molecule has 134 valence electrons. The minimum absolute atomic E-state index is 0.0748. The first-order valence-corrected chi connectivity index (χ1v) is 10.0. The van der Waals surface area contributed by atoms with E-state index in [1.807, 2.05) is 25.1 Å². The first-order chi connectivity index (χ1) is 11.8. The van der Waals surface area contributed by atoms with Gasteiger partial charge < -0.3 is 10.1 Å². The lowest BCUT2D eigenvalue weighted by atomic mass is 10.1. The van der Waals surface area contributed by atoms with Crippen LogP contribution in [-0.2, 0) is 22.0 Å². The predicted octanol–water partition coefficient (Wildman–Crippen LogP) is 2.52. The van der Waals surface area contributed by atoms with Gasteiger partial charge in [0, 0.05) is 18.4 Å². The van der Waals surface area contributed by atoms with Gasteiger partial charge in [0.2, 0.25) is 0 Å². The Hall–Kier alpha value is -2.34. The third kappa shape index (κ3) is 5.90. The summed E-state index contributed by atoms with van der Waals surface area (Å²) in [6.45, 7) is 2.48. The van der Waals surface area contributed by atoms with Crippen LogP contribution in [0.3, 0.4) is 0 Å². The molecule has 0 aliphatic heterocycles. The molecule has 0 spiro atoms. The minimum atomic E-state index is -3.13. The molecule has 0 heterocycles. The second kappa shape index (κ2) is 8.16. The van der Waals surface area contributed by atoms with Crippen molar-refractivity contribution in [1.29, 1.82) is 0 Å². The number of ether oxygens (including phenoxy) is 1. The average molecular weight is 361 g/mol. The molecular weight excluding hydrogens is 338 g/mol. The molecule has 0 aliphatic rings. The van der Waals surface area contributed by atoms with Gasteiger partial charge in [0.1, 0.15) is 5.75 Å². The van der Waals surface area contributed by atoms with Crippen LogP contribution in [0.4, 0.5) is 0 Å². The van der Waals surface area contributed by atoms with E-state index in [0.29, 0.717) is 24.1 Å². The highest BCUT2D eigenvalue weighted by molar-refractivity contribution is 7.89. The molecule has 0 unspecified atom stereocenters. The first kappa shape index (κ1) is 19.0. The number of hydrogen-bond donors (Lipinski definition) is 1. The van der Waals surface area contributed by atoms with Gasteiger partial charge in [0.25, 0.3) is 5.91 Å². The Morgan fingerprint density at radius 1 is 1.16 bits per heavy atom. The van der Waals surface area contributed by atoms with Crippen molar-refractivity contribution in [1.82, 2.24) is 5.32 Å². The van der Waals surface area contributed by atoms with Crippen LogP contribution in [0, 0.1) is 6.92 Å². The van der Waals surface area contributed by atoms with Gasteiger partial charge in [-0.05, 0) is 42.7 Å². The van der Waals surface area contributed by atoms with E-state index >= 15 is 0 Å². The topological polar surface area (TPSA) is 72.5 Å². The van der Waals surface area contributed by atoms with Crippen LogP contribution in [0.2, 0.25) is 0 Å². The van der Waals surface area contributed by atoms with Crippen molar-refractivity contribution in [2.24, 2.45) is 0 Å². The molecule has 0 aliphatic carbocycles. The summed E-state index contributed by atoms with van der Waals surface area (Å²) in [6.07, 6.45) is 1.83. The summed E-state index contributed by atoms with van der Waals surface area (Å²) >= 11 is 0. The standard InChI is InChI=1S/C19H23NO4S/c1-14-7-8-18(24-2)16(11-14)9-10-20-19(21)17-6-4-5-15(12-17)13-25(3,22)23/h4-8,11-12H,9-10,13H2,1-3H3,(H,20,21). The number of carbonyl (C=O) groups excluding carboxylic acids is 1. The van der Waals surface area contributed by atoms with Crippen LogP contribution in [0.5, 0.6) is 5.75 Å². The van der Waals surface area contributed by atoms with Crippen LogP contribution in [-0.4, -0.2) is 34.2 Å². The third-order valence-corrected chi connectivity index (χ3v) is 4.59. The summed E-state index contributed by atoms with van der Waals surface area (Å²) in [6, 6.07) is 12.6. The van der Waals surface area contributed by atoms with Crippen molar-refractivity contribution in [3.63, 3.8) is 0 Å². The Kier molecular flexibility index (Phi) is 6.20. The van der Waals surface area contributed by atoms with E-state index in [2.05, 4.69) is 5.32 Å². The quantitative estimate of drug-likeness (QED) is 0.822. The molecule has 0 fully saturated rings. The highest BCUT2D eigenvalue weighted by Gasteiger charge is 2.10. The van der Waals surface area contributed by atoms with Crippen molar-refractivity contribution in [2.45, 2.75) is 19.1 Å². The van der Waals surface area contributed by atoms with Crippen molar-refractivity contribution in [2.75, 3.05) is 19.9 Å². The predicted molar refractivity (Wildman–Crippen MR) is 98.8 cm³/mol. The molecule has 0 atom stereocenters. The van der Waals surface area contributed by atoms with E-state index in [1.165, 1.54) is 6.26 Å². The van der Waals surface area contributed by atoms with Crippen LogP contribution in [0.1, 0.15) is 27.0 Å². The number of hydrogen-bond acceptors (Lipinski definition) is 4. The average Bonchev–Trinajstić information content (AvgIpc) is 2.53. The van der Waals surface area contributed by atoms with E-state index in [9.17, 15) is 13.2 Å². The Labute approximate surface area is 148 Å². The Morgan fingerprint density at radius 3 is 2.60 bits per heavy atom. The lowest BCUT2D eigenvalue weighted by molar-refractivity contribution is 0.0954. The monoisotopic (exact) mass is 361 g/mol. The van der Waals surface area contributed by atoms with Crippen molar-refractivity contribution in [3.05, 3.63) is 64.7 Å². The summed E-state index contributed by atoms with van der Waals surface area (Å²) in [7, 11) is -1.50. The number of carbonyl (C=O) groups is 1. The Balaban J connectivity index is 1.99. The maximum absolute atomic E-state index is 12.3. The van der Waals surface area contributed by atoms with Crippen LogP contribution >= 0.6 is 0 Å². The molecule has 25 heavy (non-hydrogen) atoms. The summed E-state index contributed by atoms with van der Waals surface area (Å²) in [5.41, 5.74) is 3.23. The van der Waals surface area contributed by atoms with Crippen molar-refractivity contribution < 1.29 is 17.9 Å². The maximum atomic E-state index is 12.3. The number of sulfone groups is 1. The molecule has 2 aromatic rings. The maximum Gasteiger partial charge on any atom is 0.251 e. The molecule has 6 heteroatoms. The molecule has 1 N–H and O–H groups in total. The Morgan fingerprint density at radius 2 is 1.92 bits per heavy atom. The summed E-state index contributed by atoms with van der Waals surface area (Å²) < 4.78 is 28.1. The SMILES string of the molecule is COc1ccc(C)cc1CCNC(=O)c1cccc(CS(C)(=O)=O)c1. The fraction of sp³-hybridized carbons (Fsp3) is 0.316. The Bertz CT molecular complexity index is 859. The lowest BCUT2D eigenvalue weighted by Gasteiger charge is -2.11. The van der Waals surface area contributed by atoms with Gasteiger partial charge in [-0.1, -0.05) is 29.8 Å². The zero-order valence-electron chi connectivity index (χ0n) is 14.7. The number of benzene rings is 2. The molecule has 2 aromatic carbocycles. The van der Waals surface area contributed by atoms with E-state index in [4.69, 9.17) is 4.74 Å². The van der Waals surface area contributed by atoms with Crippen LogP contribution in [0.15, 0.2) is 42.5 Å². The molecule has 0 radical (unpaired) electrons. The zero-order valence-corrected chi connectivity index (χ0v) is 15.5. The molecule has 0 saturated heterocycles. The lowest BCUT2D eigenvalue weighted by Crippen LogP contribution is -2.26. The van der Waals surface area contributed by atoms with E-state index in [-0.39, 0.29) is 11.7 Å². The largest absolute Gasteiger partial charge is 0.496 e. The van der Waals surface area contributed by atoms with Gasteiger partial charge >= 0.3 is 0 Å². The van der Waals surface area contributed by atoms with Gasteiger partial charge in [-0.15, -0.1) is 0 Å². The summed E-state index contributed by atoms with van der Waals surface area (Å²) in [4.78, 5) is 12.3. The number of amides is 1. The number of nitrogens with one attached hydrogen (secondary N) is 1. The van der Waals surface area contributed by atoms with Crippen LogP contribution < -0.4 is 10.1 Å². The second-order valence-corrected chi connectivity index (χ2v) is 8.23. The fourth-order valence-corrected chi connectivity index (χ4v) is 3.41. The van der Waals surface area contributed by atoms with Crippen molar-refractivity contribution >= 4 is 15.7 Å². The normalized spacial score (nSPS) is 11.2. The highest BCUT2D eigenvalue weighted by atomic mass is 32.2. The molecule has 5 nitrogen and oxygen atoms in total. The van der Waals surface area contributed by atoms with Crippen molar-refractivity contribution in [3.8, 4) is 5.75 Å². The van der Waals surface area contributed by atoms with E-state index in [0.717, 1.165) is 16.9 Å². The summed E-state index contributed by atoms with van der Waals surface area (Å²) in [5.74, 6) is 0.506. The van der Waals surface area contributed by atoms with Crippen LogP contribution in [0.25, 0.3) is 0 Å². The van der Waals surface area contributed by atoms with Gasteiger partial charge in [-0.3, -0.25) is 4.79 Å². The van der Waals surface area contributed by atoms with E-state index in [1.54, 1.807) is 31.4 Å².